The average Bonchev–Trinajstić information content (AvgIpc) is 2.97. The third-order valence-electron chi connectivity index (χ3n) is 3.37. The van der Waals surface area contributed by atoms with Gasteiger partial charge in [-0.3, -0.25) is 9.89 Å². The number of aromatic amines is 1. The number of hydrogen-bond donors (Lipinski definition) is 1. The predicted molar refractivity (Wildman–Crippen MR) is 65.2 cm³/mol. The molecule has 0 saturated heterocycles. The second-order valence-electron chi connectivity index (χ2n) is 4.47. The summed E-state index contributed by atoms with van der Waals surface area (Å²) in [4.78, 5) is 16.2. The van der Waals surface area contributed by atoms with Crippen LogP contribution < -0.4 is 0 Å². The van der Waals surface area contributed by atoms with E-state index in [2.05, 4.69) is 15.2 Å². The quantitative estimate of drug-likeness (QED) is 0.658. The fourth-order valence-corrected chi connectivity index (χ4v) is 2.62. The fraction of sp³-hybridized carbons (Fsp3) is 0.417. The zero-order valence-electron chi connectivity index (χ0n) is 9.24. The van der Waals surface area contributed by atoms with E-state index in [-0.39, 0.29) is 11.7 Å². The molecule has 0 radical (unpaired) electrons. The third-order valence-corrected chi connectivity index (χ3v) is 3.58. The van der Waals surface area contributed by atoms with Gasteiger partial charge in [-0.05, 0) is 18.9 Å². The lowest BCUT2D eigenvalue weighted by Gasteiger charge is -2.04. The molecule has 2 aromatic rings. The summed E-state index contributed by atoms with van der Waals surface area (Å²) in [5, 5.41) is 8.10. The molecule has 4 nitrogen and oxygen atoms in total. The summed E-state index contributed by atoms with van der Waals surface area (Å²) in [6.45, 7) is 0. The van der Waals surface area contributed by atoms with Gasteiger partial charge >= 0.3 is 0 Å². The van der Waals surface area contributed by atoms with Crippen molar-refractivity contribution in [3.05, 3.63) is 23.1 Å². The molecule has 1 aliphatic carbocycles. The molecule has 0 unspecified atom stereocenters. The molecule has 1 aliphatic rings. The zero-order chi connectivity index (χ0) is 11.8. The fourth-order valence-electron chi connectivity index (χ4n) is 2.46. The van der Waals surface area contributed by atoms with Crippen LogP contribution in [0.5, 0.6) is 0 Å². The molecule has 2 heterocycles. The van der Waals surface area contributed by atoms with E-state index >= 15 is 0 Å². The highest BCUT2D eigenvalue weighted by Gasteiger charge is 2.26. The number of H-pyrrole nitrogens is 1. The summed E-state index contributed by atoms with van der Waals surface area (Å²) in [5.74, 6) is 0.268. The SMILES string of the molecule is O=C(c1n[nH]c2cnc(Cl)cc12)C1CCCC1. The molecule has 1 fully saturated rings. The lowest BCUT2D eigenvalue weighted by atomic mass is 9.98. The van der Waals surface area contributed by atoms with E-state index in [4.69, 9.17) is 11.6 Å². The van der Waals surface area contributed by atoms with Gasteiger partial charge in [0.05, 0.1) is 11.7 Å². The van der Waals surface area contributed by atoms with Crippen molar-refractivity contribution in [2.45, 2.75) is 25.7 Å². The van der Waals surface area contributed by atoms with Gasteiger partial charge in [0.2, 0.25) is 0 Å². The molecule has 0 aromatic carbocycles. The molecule has 88 valence electrons. The molecule has 0 bridgehead atoms. The van der Waals surface area contributed by atoms with Crippen molar-refractivity contribution >= 4 is 28.3 Å². The van der Waals surface area contributed by atoms with Crippen LogP contribution >= 0.6 is 11.6 Å². The van der Waals surface area contributed by atoms with Crippen molar-refractivity contribution in [2.75, 3.05) is 0 Å². The number of rotatable bonds is 2. The van der Waals surface area contributed by atoms with Gasteiger partial charge in [-0.2, -0.15) is 5.10 Å². The van der Waals surface area contributed by atoms with Gasteiger partial charge in [-0.1, -0.05) is 24.4 Å². The summed E-state index contributed by atoms with van der Waals surface area (Å²) in [6, 6.07) is 1.70. The Kier molecular flexibility index (Phi) is 2.59. The number of aromatic nitrogens is 3. The Morgan fingerprint density at radius 3 is 2.94 bits per heavy atom. The van der Waals surface area contributed by atoms with Crippen molar-refractivity contribution in [3.8, 4) is 0 Å². The summed E-state index contributed by atoms with van der Waals surface area (Å²) < 4.78 is 0. The molecule has 5 heteroatoms. The van der Waals surface area contributed by atoms with Crippen LogP contribution in [0.3, 0.4) is 0 Å². The minimum absolute atomic E-state index is 0.133. The third kappa shape index (κ3) is 1.82. The van der Waals surface area contributed by atoms with Gasteiger partial charge in [0.1, 0.15) is 10.8 Å². The Morgan fingerprint density at radius 1 is 1.41 bits per heavy atom. The number of ketones is 1. The van der Waals surface area contributed by atoms with E-state index in [1.165, 1.54) is 0 Å². The molecular formula is C12H12ClN3O. The maximum absolute atomic E-state index is 12.3. The number of carbonyl (C=O) groups is 1. The van der Waals surface area contributed by atoms with Crippen LogP contribution in [-0.4, -0.2) is 21.0 Å². The molecule has 3 rings (SSSR count). The van der Waals surface area contributed by atoms with Gasteiger partial charge in [0, 0.05) is 11.3 Å². The van der Waals surface area contributed by atoms with E-state index in [1.54, 1.807) is 12.3 Å². The summed E-state index contributed by atoms with van der Waals surface area (Å²) in [5.41, 5.74) is 1.27. The second-order valence-corrected chi connectivity index (χ2v) is 4.86. The van der Waals surface area contributed by atoms with Crippen molar-refractivity contribution in [3.63, 3.8) is 0 Å². The molecule has 0 spiro atoms. The smallest absolute Gasteiger partial charge is 0.186 e. The maximum atomic E-state index is 12.3. The number of carbonyl (C=O) groups excluding carboxylic acids is 1. The van der Waals surface area contributed by atoms with E-state index in [0.717, 1.165) is 36.6 Å². The molecule has 0 atom stereocenters. The van der Waals surface area contributed by atoms with Crippen LogP contribution in [0.4, 0.5) is 0 Å². The summed E-state index contributed by atoms with van der Waals surface area (Å²) >= 11 is 5.85. The van der Waals surface area contributed by atoms with E-state index in [0.29, 0.717) is 10.8 Å². The monoisotopic (exact) mass is 249 g/mol. The number of nitrogens with one attached hydrogen (secondary N) is 1. The van der Waals surface area contributed by atoms with Gasteiger partial charge in [0.25, 0.3) is 0 Å². The van der Waals surface area contributed by atoms with E-state index in [1.807, 2.05) is 0 Å². The van der Waals surface area contributed by atoms with Crippen LogP contribution in [0.2, 0.25) is 5.15 Å². The molecule has 17 heavy (non-hydrogen) atoms. The molecule has 0 amide bonds. The lowest BCUT2D eigenvalue weighted by Crippen LogP contribution is -2.11. The minimum atomic E-state index is 0.133. The minimum Gasteiger partial charge on any atom is -0.292 e. The normalized spacial score (nSPS) is 16.8. The first kappa shape index (κ1) is 10.7. The van der Waals surface area contributed by atoms with Crippen LogP contribution in [0.15, 0.2) is 12.3 Å². The number of halogens is 1. The van der Waals surface area contributed by atoms with Crippen LogP contribution in [-0.2, 0) is 0 Å². The first-order valence-corrected chi connectivity index (χ1v) is 6.17. The number of pyridine rings is 1. The summed E-state index contributed by atoms with van der Waals surface area (Å²) in [7, 11) is 0. The van der Waals surface area contributed by atoms with Crippen molar-refractivity contribution in [1.29, 1.82) is 0 Å². The Bertz CT molecular complexity index is 572. The van der Waals surface area contributed by atoms with Crippen LogP contribution in [0.1, 0.15) is 36.2 Å². The number of nitrogens with zero attached hydrogens (tertiary/aromatic N) is 2. The first-order chi connectivity index (χ1) is 8.25. The average molecular weight is 250 g/mol. The second kappa shape index (κ2) is 4.11. The van der Waals surface area contributed by atoms with Gasteiger partial charge in [-0.15, -0.1) is 0 Å². The Morgan fingerprint density at radius 2 is 2.18 bits per heavy atom. The van der Waals surface area contributed by atoms with Gasteiger partial charge in [-0.25, -0.2) is 4.98 Å². The highest BCUT2D eigenvalue weighted by atomic mass is 35.5. The predicted octanol–water partition coefficient (Wildman–Crippen LogP) is 2.98. The maximum Gasteiger partial charge on any atom is 0.186 e. The van der Waals surface area contributed by atoms with E-state index in [9.17, 15) is 4.79 Å². The topological polar surface area (TPSA) is 58.6 Å². The Hall–Kier alpha value is -1.42. The number of hydrogen-bond acceptors (Lipinski definition) is 3. The largest absolute Gasteiger partial charge is 0.292 e. The van der Waals surface area contributed by atoms with Gasteiger partial charge in [0.15, 0.2) is 5.78 Å². The summed E-state index contributed by atoms with van der Waals surface area (Å²) in [6.07, 6.45) is 5.84. The van der Waals surface area contributed by atoms with Crippen LogP contribution in [0, 0.1) is 5.92 Å². The molecule has 2 aromatic heterocycles. The lowest BCUT2D eigenvalue weighted by molar-refractivity contribution is 0.0919. The zero-order valence-corrected chi connectivity index (χ0v) is 10.00. The highest BCUT2D eigenvalue weighted by Crippen LogP contribution is 2.29. The number of fused-ring (bicyclic) bond motifs is 1. The Labute approximate surface area is 103 Å². The van der Waals surface area contributed by atoms with Crippen LogP contribution in [0.25, 0.3) is 10.9 Å². The molecular weight excluding hydrogens is 238 g/mol. The van der Waals surface area contributed by atoms with Gasteiger partial charge < -0.3 is 0 Å². The highest BCUT2D eigenvalue weighted by molar-refractivity contribution is 6.30. The van der Waals surface area contributed by atoms with Crippen molar-refractivity contribution in [1.82, 2.24) is 15.2 Å². The van der Waals surface area contributed by atoms with Crippen molar-refractivity contribution in [2.24, 2.45) is 5.92 Å². The molecule has 1 N–H and O–H groups in total. The van der Waals surface area contributed by atoms with Crippen molar-refractivity contribution < 1.29 is 4.79 Å². The molecule has 0 aliphatic heterocycles. The standard InChI is InChI=1S/C12H12ClN3O/c13-10-5-8-9(6-14-10)15-16-11(8)12(17)7-3-1-2-4-7/h5-7H,1-4H2,(H,15,16). The number of Topliss-reactive ketones (excluding diaryl/α,β-unsaturated/α-hetero) is 1. The van der Waals surface area contributed by atoms with E-state index < -0.39 is 0 Å². The molecule has 1 saturated carbocycles. The first-order valence-electron chi connectivity index (χ1n) is 5.79. The Balaban J connectivity index is 2.04.